The number of thioether (sulfide) groups is 1. The number of rotatable bonds is 3. The summed E-state index contributed by atoms with van der Waals surface area (Å²) in [7, 11) is 0. The fraction of sp³-hybridized carbons (Fsp3) is 0.357. The first-order chi connectivity index (χ1) is 10.2. The van der Waals surface area contributed by atoms with Crippen LogP contribution in [0.5, 0.6) is 0 Å². The van der Waals surface area contributed by atoms with Gasteiger partial charge in [0.1, 0.15) is 12.2 Å². The maximum absolute atomic E-state index is 12.2. The second-order valence-electron chi connectivity index (χ2n) is 4.68. The van der Waals surface area contributed by atoms with Gasteiger partial charge in [0.05, 0.1) is 6.26 Å². The highest BCUT2D eigenvalue weighted by atomic mass is 32.2. The van der Waals surface area contributed by atoms with E-state index in [-0.39, 0.29) is 18.0 Å². The average molecular weight is 305 g/mol. The Balaban J connectivity index is 1.79. The predicted molar refractivity (Wildman–Crippen MR) is 80.1 cm³/mol. The van der Waals surface area contributed by atoms with Gasteiger partial charge in [-0.2, -0.15) is 16.9 Å². The molecule has 21 heavy (non-hydrogen) atoms. The van der Waals surface area contributed by atoms with Crippen molar-refractivity contribution in [3.05, 3.63) is 40.9 Å². The van der Waals surface area contributed by atoms with Crippen molar-refractivity contribution in [1.29, 1.82) is 0 Å². The Morgan fingerprint density at radius 2 is 2.10 bits per heavy atom. The number of furan rings is 1. The van der Waals surface area contributed by atoms with Gasteiger partial charge in [0.2, 0.25) is 5.91 Å². The summed E-state index contributed by atoms with van der Waals surface area (Å²) in [4.78, 5) is 25.8. The van der Waals surface area contributed by atoms with Crippen molar-refractivity contribution in [3.8, 4) is 11.5 Å². The van der Waals surface area contributed by atoms with Crippen molar-refractivity contribution in [3.63, 3.8) is 0 Å². The molecule has 6 nitrogen and oxygen atoms in total. The Hall–Kier alpha value is -2.02. The standard InChI is InChI=1S/C14H15N3O3S/c18-13-4-3-11(12-2-1-7-20-12)15-17(13)10-14(19)16-5-8-21-9-6-16/h1-4,7H,5-6,8-10H2. The number of amides is 1. The quantitative estimate of drug-likeness (QED) is 0.849. The highest BCUT2D eigenvalue weighted by Crippen LogP contribution is 2.15. The molecule has 0 aromatic carbocycles. The van der Waals surface area contributed by atoms with Gasteiger partial charge in [-0.25, -0.2) is 4.68 Å². The maximum atomic E-state index is 12.2. The predicted octanol–water partition coefficient (Wildman–Crippen LogP) is 1.08. The van der Waals surface area contributed by atoms with Crippen molar-refractivity contribution in [2.24, 2.45) is 0 Å². The van der Waals surface area contributed by atoms with Crippen LogP contribution in [-0.2, 0) is 11.3 Å². The molecule has 7 heteroatoms. The third kappa shape index (κ3) is 3.18. The minimum absolute atomic E-state index is 0.0297. The van der Waals surface area contributed by atoms with Crippen LogP contribution in [-0.4, -0.2) is 45.2 Å². The Labute approximate surface area is 125 Å². The van der Waals surface area contributed by atoms with E-state index in [0.29, 0.717) is 11.5 Å². The zero-order valence-corrected chi connectivity index (χ0v) is 12.2. The molecular weight excluding hydrogens is 290 g/mol. The van der Waals surface area contributed by atoms with Gasteiger partial charge in [0, 0.05) is 30.7 Å². The minimum atomic E-state index is -0.287. The molecule has 1 amide bonds. The highest BCUT2D eigenvalue weighted by molar-refractivity contribution is 7.99. The number of carbonyl (C=O) groups excluding carboxylic acids is 1. The van der Waals surface area contributed by atoms with Gasteiger partial charge in [0.25, 0.3) is 5.56 Å². The third-order valence-electron chi connectivity index (χ3n) is 3.29. The van der Waals surface area contributed by atoms with Crippen LogP contribution in [0.15, 0.2) is 39.7 Å². The average Bonchev–Trinajstić information content (AvgIpc) is 3.04. The molecule has 1 fully saturated rings. The monoisotopic (exact) mass is 305 g/mol. The smallest absolute Gasteiger partial charge is 0.267 e. The van der Waals surface area contributed by atoms with Crippen LogP contribution >= 0.6 is 11.8 Å². The van der Waals surface area contributed by atoms with Crippen molar-refractivity contribution in [2.45, 2.75) is 6.54 Å². The minimum Gasteiger partial charge on any atom is -0.463 e. The molecule has 3 rings (SSSR count). The molecule has 2 aromatic rings. The topological polar surface area (TPSA) is 68.3 Å². The summed E-state index contributed by atoms with van der Waals surface area (Å²) in [5.41, 5.74) is 0.256. The Kier molecular flexibility index (Phi) is 4.10. The number of hydrogen-bond acceptors (Lipinski definition) is 5. The first-order valence-corrected chi connectivity index (χ1v) is 7.87. The molecule has 0 N–H and O–H groups in total. The zero-order chi connectivity index (χ0) is 14.7. The van der Waals surface area contributed by atoms with Gasteiger partial charge in [-0.3, -0.25) is 9.59 Å². The van der Waals surface area contributed by atoms with E-state index in [1.165, 1.54) is 10.7 Å². The summed E-state index contributed by atoms with van der Waals surface area (Å²) < 4.78 is 6.46. The van der Waals surface area contributed by atoms with Crippen molar-refractivity contribution in [1.82, 2.24) is 14.7 Å². The third-order valence-corrected chi connectivity index (χ3v) is 4.23. The lowest BCUT2D eigenvalue weighted by Gasteiger charge is -2.26. The Morgan fingerprint density at radius 3 is 2.81 bits per heavy atom. The zero-order valence-electron chi connectivity index (χ0n) is 11.4. The van der Waals surface area contributed by atoms with Crippen LogP contribution < -0.4 is 5.56 Å². The van der Waals surface area contributed by atoms with Crippen LogP contribution in [0.25, 0.3) is 11.5 Å². The van der Waals surface area contributed by atoms with E-state index in [4.69, 9.17) is 4.42 Å². The van der Waals surface area contributed by atoms with Crippen molar-refractivity contribution < 1.29 is 9.21 Å². The first kappa shape index (κ1) is 13.9. The van der Waals surface area contributed by atoms with Crippen LogP contribution in [0.3, 0.4) is 0 Å². The van der Waals surface area contributed by atoms with E-state index in [1.807, 2.05) is 11.8 Å². The molecule has 0 bridgehead atoms. The van der Waals surface area contributed by atoms with Crippen LogP contribution in [0.1, 0.15) is 0 Å². The summed E-state index contributed by atoms with van der Waals surface area (Å²) in [5.74, 6) is 2.40. The summed E-state index contributed by atoms with van der Waals surface area (Å²) in [6.45, 7) is 1.43. The van der Waals surface area contributed by atoms with Gasteiger partial charge in [-0.15, -0.1) is 0 Å². The van der Waals surface area contributed by atoms with Gasteiger partial charge >= 0.3 is 0 Å². The highest BCUT2D eigenvalue weighted by Gasteiger charge is 2.18. The molecule has 2 aromatic heterocycles. The molecule has 1 saturated heterocycles. The first-order valence-electron chi connectivity index (χ1n) is 6.71. The lowest BCUT2D eigenvalue weighted by atomic mass is 10.3. The molecule has 0 spiro atoms. The van der Waals surface area contributed by atoms with Crippen molar-refractivity contribution in [2.75, 3.05) is 24.6 Å². The molecule has 1 aliphatic heterocycles. The Bertz CT molecular complexity index is 675. The lowest BCUT2D eigenvalue weighted by Crippen LogP contribution is -2.41. The van der Waals surface area contributed by atoms with Gasteiger partial charge in [0.15, 0.2) is 5.76 Å². The van der Waals surface area contributed by atoms with Crippen LogP contribution in [0.4, 0.5) is 0 Å². The van der Waals surface area contributed by atoms with E-state index in [0.717, 1.165) is 24.6 Å². The number of nitrogens with zero attached hydrogens (tertiary/aromatic N) is 3. The van der Waals surface area contributed by atoms with Crippen molar-refractivity contribution >= 4 is 17.7 Å². The van der Waals surface area contributed by atoms with E-state index >= 15 is 0 Å². The summed E-state index contributed by atoms with van der Waals surface area (Å²) in [6.07, 6.45) is 1.54. The van der Waals surface area contributed by atoms with Crippen LogP contribution in [0.2, 0.25) is 0 Å². The lowest BCUT2D eigenvalue weighted by molar-refractivity contribution is -0.131. The molecule has 1 aliphatic rings. The Morgan fingerprint density at radius 1 is 1.29 bits per heavy atom. The maximum Gasteiger partial charge on any atom is 0.267 e. The largest absolute Gasteiger partial charge is 0.463 e. The van der Waals surface area contributed by atoms with Gasteiger partial charge in [-0.05, 0) is 18.2 Å². The van der Waals surface area contributed by atoms with Gasteiger partial charge in [-0.1, -0.05) is 0 Å². The molecule has 0 unspecified atom stereocenters. The fourth-order valence-corrected chi connectivity index (χ4v) is 3.06. The second-order valence-corrected chi connectivity index (χ2v) is 5.91. The summed E-state index contributed by atoms with van der Waals surface area (Å²) in [5, 5.41) is 4.21. The van der Waals surface area contributed by atoms with E-state index in [1.54, 1.807) is 29.4 Å². The number of carbonyl (C=O) groups is 1. The summed E-state index contributed by atoms with van der Waals surface area (Å²) in [6, 6.07) is 6.52. The molecule has 0 radical (unpaired) electrons. The molecule has 110 valence electrons. The molecule has 0 saturated carbocycles. The molecule has 3 heterocycles. The summed E-state index contributed by atoms with van der Waals surface area (Å²) >= 11 is 1.84. The fourth-order valence-electron chi connectivity index (χ4n) is 2.16. The van der Waals surface area contributed by atoms with Crippen LogP contribution in [0, 0.1) is 0 Å². The molecule has 0 aliphatic carbocycles. The van der Waals surface area contributed by atoms with E-state index in [9.17, 15) is 9.59 Å². The van der Waals surface area contributed by atoms with Gasteiger partial charge < -0.3 is 9.32 Å². The normalized spacial score (nSPS) is 15.1. The van der Waals surface area contributed by atoms with E-state index < -0.39 is 0 Å². The molecular formula is C14H15N3O3S. The molecule has 0 atom stereocenters. The number of aromatic nitrogens is 2. The SMILES string of the molecule is O=C(Cn1nc(-c2ccco2)ccc1=O)N1CCSCC1. The van der Waals surface area contributed by atoms with E-state index in [2.05, 4.69) is 5.10 Å². The second kappa shape index (κ2) is 6.17. The number of hydrogen-bond donors (Lipinski definition) is 0.